The van der Waals surface area contributed by atoms with E-state index in [2.05, 4.69) is 38.1 Å². The van der Waals surface area contributed by atoms with E-state index in [4.69, 9.17) is 14.2 Å². The van der Waals surface area contributed by atoms with Crippen molar-refractivity contribution < 1.29 is 28.6 Å². The van der Waals surface area contributed by atoms with Crippen molar-refractivity contribution in [3.63, 3.8) is 0 Å². The van der Waals surface area contributed by atoms with Crippen LogP contribution in [0, 0.1) is 11.8 Å². The average Bonchev–Trinajstić information content (AvgIpc) is 3.17. The number of esters is 2. The Morgan fingerprint density at radius 2 is 2.03 bits per heavy atom. The molecule has 10 heteroatoms. The summed E-state index contributed by atoms with van der Waals surface area (Å²) in [5.41, 5.74) is 0.999. The number of hydrogen-bond acceptors (Lipinski definition) is 8. The van der Waals surface area contributed by atoms with E-state index in [0.29, 0.717) is 32.1 Å². The molecule has 1 N–H and O–H groups in total. The van der Waals surface area contributed by atoms with Crippen molar-refractivity contribution in [3.8, 4) is 11.8 Å². The molecule has 202 valence electrons. The summed E-state index contributed by atoms with van der Waals surface area (Å²) in [4.78, 5) is 42.3. The smallest absolute Gasteiger partial charge is 0.408 e. The minimum Gasteiger partial charge on any atom is -0.461 e. The third-order valence-corrected chi connectivity index (χ3v) is 6.15. The van der Waals surface area contributed by atoms with E-state index in [1.807, 2.05) is 25.3 Å². The Kier molecular flexibility index (Phi) is 11.9. The number of aryl methyl sites for hydroxylation is 1. The second kappa shape index (κ2) is 14.3. The zero-order chi connectivity index (χ0) is 27.6. The molecule has 37 heavy (non-hydrogen) atoms. The van der Waals surface area contributed by atoms with Crippen LogP contribution in [0.25, 0.3) is 0 Å². The molecule has 0 unspecified atom stereocenters. The molecule has 1 aromatic heterocycles. The Labute approximate surface area is 231 Å². The first-order valence-corrected chi connectivity index (χ1v) is 13.8. The van der Waals surface area contributed by atoms with Gasteiger partial charge in [-0.3, -0.25) is 0 Å². The highest BCUT2D eigenvalue weighted by molar-refractivity contribution is 9.11. The number of amides is 1. The number of alkyl carbamates (subject to hydrolysis) is 1. The molecule has 1 aliphatic rings. The van der Waals surface area contributed by atoms with Gasteiger partial charge in [0.15, 0.2) is 0 Å². The van der Waals surface area contributed by atoms with Crippen LogP contribution in [-0.2, 0) is 36.6 Å². The molecule has 0 aromatic carbocycles. The maximum absolute atomic E-state index is 12.9. The first-order valence-electron chi connectivity index (χ1n) is 12.2. The van der Waals surface area contributed by atoms with Gasteiger partial charge in [0.2, 0.25) is 0 Å². The van der Waals surface area contributed by atoms with E-state index in [1.54, 1.807) is 33.8 Å². The summed E-state index contributed by atoms with van der Waals surface area (Å²) < 4.78 is 17.3. The molecule has 1 amide bonds. The van der Waals surface area contributed by atoms with Crippen molar-refractivity contribution >= 4 is 45.3 Å². The van der Waals surface area contributed by atoms with E-state index in [0.717, 1.165) is 20.8 Å². The number of aromatic nitrogens is 1. The van der Waals surface area contributed by atoms with Crippen LogP contribution in [0.2, 0.25) is 0 Å². The summed E-state index contributed by atoms with van der Waals surface area (Å²) in [6.45, 7) is 10.7. The van der Waals surface area contributed by atoms with E-state index in [1.165, 1.54) is 11.3 Å². The molecule has 2 rings (SSSR count). The minimum atomic E-state index is -0.857. The Bertz CT molecular complexity index is 1090. The number of hydrogen-bond donors (Lipinski definition) is 1. The van der Waals surface area contributed by atoms with Crippen LogP contribution in [0.3, 0.4) is 0 Å². The summed E-state index contributed by atoms with van der Waals surface area (Å²) in [7, 11) is 0. The van der Waals surface area contributed by atoms with Crippen molar-refractivity contribution in [1.29, 1.82) is 0 Å². The van der Waals surface area contributed by atoms with Gasteiger partial charge in [-0.05, 0) is 77.4 Å². The predicted octanol–water partition coefficient (Wildman–Crippen LogP) is 5.40. The van der Waals surface area contributed by atoms with Crippen LogP contribution in [0.4, 0.5) is 4.79 Å². The van der Waals surface area contributed by atoms with E-state index in [9.17, 15) is 14.4 Å². The lowest BCUT2D eigenvalue weighted by molar-refractivity contribution is -0.151. The third kappa shape index (κ3) is 12.4. The lowest BCUT2D eigenvalue weighted by Gasteiger charge is -2.24. The van der Waals surface area contributed by atoms with Crippen molar-refractivity contribution in [2.45, 2.75) is 97.5 Å². The first kappa shape index (κ1) is 30.6. The van der Waals surface area contributed by atoms with E-state index in [-0.39, 0.29) is 0 Å². The van der Waals surface area contributed by atoms with Crippen LogP contribution in [0.15, 0.2) is 27.6 Å². The van der Waals surface area contributed by atoms with Crippen LogP contribution in [-0.4, -0.2) is 46.9 Å². The molecule has 0 radical (unpaired) electrons. The molecule has 1 aliphatic heterocycles. The van der Waals surface area contributed by atoms with Gasteiger partial charge in [-0.25, -0.2) is 19.4 Å². The quantitative estimate of drug-likeness (QED) is 0.212. The monoisotopic (exact) mass is 594 g/mol. The van der Waals surface area contributed by atoms with Gasteiger partial charge in [-0.1, -0.05) is 27.4 Å². The van der Waals surface area contributed by atoms with Crippen molar-refractivity contribution in [2.75, 3.05) is 0 Å². The Morgan fingerprint density at radius 1 is 1.30 bits per heavy atom. The Hall–Kier alpha value is -2.64. The number of thiazole rings is 1. The Morgan fingerprint density at radius 3 is 2.70 bits per heavy atom. The molecule has 0 aliphatic carbocycles. The topological polar surface area (TPSA) is 104 Å². The van der Waals surface area contributed by atoms with Gasteiger partial charge in [-0.15, -0.1) is 11.3 Å². The highest BCUT2D eigenvalue weighted by Crippen LogP contribution is 2.19. The Balaban J connectivity index is 2.27. The molecular formula is C27H35BrN2O6S. The van der Waals surface area contributed by atoms with Crippen LogP contribution < -0.4 is 5.32 Å². The number of cyclic esters (lactones) is 2. The lowest BCUT2D eigenvalue weighted by Crippen LogP contribution is -2.45. The number of carbonyl (C=O) groups is 3. The summed E-state index contributed by atoms with van der Waals surface area (Å²) in [5, 5.41) is 5.42. The van der Waals surface area contributed by atoms with E-state index >= 15 is 0 Å². The van der Waals surface area contributed by atoms with Gasteiger partial charge in [0.05, 0.1) is 10.7 Å². The van der Waals surface area contributed by atoms with Gasteiger partial charge in [0.25, 0.3) is 0 Å². The molecule has 0 saturated carbocycles. The highest BCUT2D eigenvalue weighted by atomic mass is 79.9. The van der Waals surface area contributed by atoms with Crippen molar-refractivity contribution in [2.24, 2.45) is 0 Å². The number of carbonyl (C=O) groups excluding carboxylic acids is 3. The van der Waals surface area contributed by atoms with Gasteiger partial charge < -0.3 is 19.5 Å². The molecule has 1 aromatic rings. The number of rotatable bonds is 2. The highest BCUT2D eigenvalue weighted by Gasteiger charge is 2.27. The number of nitrogens with one attached hydrogen (secondary N) is 1. The maximum atomic E-state index is 12.9. The normalized spacial score (nSPS) is 24.0. The summed E-state index contributed by atoms with van der Waals surface area (Å²) in [6.07, 6.45) is 4.17. The van der Waals surface area contributed by atoms with Gasteiger partial charge in [0.1, 0.15) is 23.9 Å². The summed E-state index contributed by atoms with van der Waals surface area (Å²) >= 11 is 4.87. The van der Waals surface area contributed by atoms with Crippen molar-refractivity contribution in [3.05, 3.63) is 38.3 Å². The largest absolute Gasteiger partial charge is 0.461 e. The van der Waals surface area contributed by atoms with Gasteiger partial charge in [0, 0.05) is 24.1 Å². The van der Waals surface area contributed by atoms with Crippen molar-refractivity contribution in [1.82, 2.24) is 10.3 Å². The molecule has 2 heterocycles. The molecule has 0 fully saturated rings. The molecule has 3 atom stereocenters. The van der Waals surface area contributed by atoms with Crippen LogP contribution in [0.1, 0.15) is 71.5 Å². The lowest BCUT2D eigenvalue weighted by atomic mass is 10.1. The number of ether oxygens (including phenoxy) is 3. The second-order valence-electron chi connectivity index (χ2n) is 9.94. The second-order valence-corrected chi connectivity index (χ2v) is 12.1. The minimum absolute atomic E-state index is 0.365. The van der Waals surface area contributed by atoms with Gasteiger partial charge in [-0.2, -0.15) is 0 Å². The fraction of sp³-hybridized carbons (Fsp3) is 0.556. The number of nitrogens with zero attached hydrogens (tertiary/aromatic N) is 1. The van der Waals surface area contributed by atoms with Gasteiger partial charge >= 0.3 is 18.0 Å². The molecular weight excluding hydrogens is 560 g/mol. The zero-order valence-electron chi connectivity index (χ0n) is 22.2. The molecule has 0 spiro atoms. The fourth-order valence-corrected chi connectivity index (χ4v) is 4.69. The van der Waals surface area contributed by atoms with Crippen LogP contribution >= 0.6 is 27.3 Å². The average molecular weight is 596 g/mol. The molecule has 0 saturated heterocycles. The summed E-state index contributed by atoms with van der Waals surface area (Å²) in [6, 6.07) is -0.857. The SMILES string of the molecule is C/C(Br)=C\[C@@H]1Cc2nc(cs2)CCC[C@H](NC(=O)OC(C)(C)C)C(=O)O[C@@H](C)C/C(C)=C/C#CC(=O)O1. The molecule has 8 nitrogen and oxygen atoms in total. The predicted molar refractivity (Wildman–Crippen MR) is 146 cm³/mol. The van der Waals surface area contributed by atoms with E-state index < -0.39 is 41.9 Å². The standard InChI is InChI=1S/C27H35BrN2O6S/c1-17-9-7-12-24(31)35-21(14-18(2)28)15-23-29-20(16-37-23)10-8-11-22(25(32)34-19(3)13-17)30-26(33)36-27(4,5)6/h9,14,16,19,21-22H,8,10-11,13,15H2,1-6H3,(H,30,33)/b17-9+,18-14+/t19-,21+,22-/m0/s1. The summed E-state index contributed by atoms with van der Waals surface area (Å²) in [5.74, 6) is 4.03. The molecule has 2 bridgehead atoms. The third-order valence-electron chi connectivity index (χ3n) is 4.97. The zero-order valence-corrected chi connectivity index (χ0v) is 24.6. The number of allylic oxidation sites excluding steroid dienone is 2. The number of fused-ring (bicyclic) bond motifs is 2. The maximum Gasteiger partial charge on any atom is 0.408 e. The fourth-order valence-electron chi connectivity index (χ4n) is 3.53. The van der Waals surface area contributed by atoms with Crippen LogP contribution in [0.5, 0.6) is 0 Å². The first-order chi connectivity index (χ1) is 17.3. The number of halogens is 1.